The van der Waals surface area contributed by atoms with Crippen molar-refractivity contribution in [2.45, 2.75) is 13.8 Å². The normalized spacial score (nSPS) is 15.9. The Bertz CT molecular complexity index is 921. The van der Waals surface area contributed by atoms with Gasteiger partial charge in [-0.2, -0.15) is 12.8 Å². The fourth-order valence-corrected chi connectivity index (χ4v) is 3.38. The molecule has 0 amide bonds. The number of rotatable bonds is 4. The number of nitrogens with one attached hydrogen (secondary N) is 2. The maximum Gasteiger partial charge on any atom is 0.340 e. The standard InChI is InChI=1S/C14H16N6O4S/c1-9-4-5-10(2)13(12(9)14(21)24-3)17-25(22,23)20-6-11-16-7-15-8-19(11)18-20/h4-8,17-18H,1-3H3. The van der Waals surface area contributed by atoms with Crippen molar-refractivity contribution in [3.8, 4) is 0 Å². The van der Waals surface area contributed by atoms with E-state index in [4.69, 9.17) is 4.74 Å². The number of nitrogens with zero attached hydrogens (tertiary/aromatic N) is 4. The first-order valence-corrected chi connectivity index (χ1v) is 8.61. The van der Waals surface area contributed by atoms with Crippen molar-refractivity contribution < 1.29 is 17.9 Å². The summed E-state index contributed by atoms with van der Waals surface area (Å²) in [6, 6.07) is 3.44. The molecule has 0 atom stereocenters. The average Bonchev–Trinajstić information content (AvgIpc) is 3.03. The second-order valence-corrected chi connectivity index (χ2v) is 6.86. The van der Waals surface area contributed by atoms with Crippen molar-refractivity contribution in [2.75, 3.05) is 11.8 Å². The number of fused-ring (bicyclic) bond motifs is 1. The molecule has 1 aromatic carbocycles. The van der Waals surface area contributed by atoms with Crippen molar-refractivity contribution in [2.24, 2.45) is 9.98 Å². The first kappa shape index (κ1) is 16.9. The third-order valence-corrected chi connectivity index (χ3v) is 4.79. The SMILES string of the molecule is COC(=O)c1c(C)ccc(C)c1NS(=O)(=O)N1C=C2N=CN=CN2N1. The molecule has 0 saturated carbocycles. The first-order valence-electron chi connectivity index (χ1n) is 7.17. The highest BCUT2D eigenvalue weighted by molar-refractivity contribution is 7.90. The summed E-state index contributed by atoms with van der Waals surface area (Å²) in [5.74, 6) is -0.268. The molecule has 0 aromatic heterocycles. The van der Waals surface area contributed by atoms with Crippen LogP contribution < -0.4 is 10.3 Å². The van der Waals surface area contributed by atoms with Gasteiger partial charge in [-0.3, -0.25) is 4.72 Å². The maximum atomic E-state index is 12.7. The summed E-state index contributed by atoms with van der Waals surface area (Å²) in [5.41, 5.74) is 4.09. The number of methoxy groups -OCH3 is 1. The van der Waals surface area contributed by atoms with E-state index in [0.717, 1.165) is 4.41 Å². The smallest absolute Gasteiger partial charge is 0.340 e. The number of aliphatic imine (C=N–C) groups is 2. The van der Waals surface area contributed by atoms with E-state index in [2.05, 4.69) is 20.2 Å². The summed E-state index contributed by atoms with van der Waals surface area (Å²) in [6.07, 6.45) is 3.97. The summed E-state index contributed by atoms with van der Waals surface area (Å²) in [7, 11) is -2.82. The molecule has 0 aliphatic carbocycles. The third-order valence-electron chi connectivity index (χ3n) is 3.63. The molecule has 0 saturated heterocycles. The number of esters is 1. The van der Waals surface area contributed by atoms with Gasteiger partial charge in [0.05, 0.1) is 24.6 Å². The zero-order valence-corrected chi connectivity index (χ0v) is 14.5. The molecule has 2 N–H and O–H groups in total. The Morgan fingerprint density at radius 2 is 2.00 bits per heavy atom. The molecule has 0 unspecified atom stereocenters. The minimum Gasteiger partial charge on any atom is -0.465 e. The van der Waals surface area contributed by atoms with Gasteiger partial charge < -0.3 is 4.74 Å². The molecule has 10 nitrogen and oxygen atoms in total. The van der Waals surface area contributed by atoms with E-state index in [1.54, 1.807) is 26.0 Å². The van der Waals surface area contributed by atoms with E-state index < -0.39 is 16.2 Å². The van der Waals surface area contributed by atoms with Crippen LogP contribution in [-0.2, 0) is 14.9 Å². The lowest BCUT2D eigenvalue weighted by molar-refractivity contribution is 0.0601. The van der Waals surface area contributed by atoms with Gasteiger partial charge in [0.15, 0.2) is 5.82 Å². The number of hydrogen-bond acceptors (Lipinski definition) is 8. The fourth-order valence-electron chi connectivity index (χ4n) is 2.33. The van der Waals surface area contributed by atoms with Crippen molar-refractivity contribution >= 4 is 34.5 Å². The first-order chi connectivity index (χ1) is 11.8. The number of ether oxygens (including phenoxy) is 1. The zero-order valence-electron chi connectivity index (χ0n) is 13.7. The number of carbonyl (C=O) groups is 1. The number of benzene rings is 1. The summed E-state index contributed by atoms with van der Waals surface area (Å²) < 4.78 is 33.5. The number of aryl methyl sites for hydroxylation is 2. The molecular weight excluding hydrogens is 348 g/mol. The van der Waals surface area contributed by atoms with Crippen molar-refractivity contribution in [3.05, 3.63) is 40.8 Å². The van der Waals surface area contributed by atoms with Gasteiger partial charge in [-0.1, -0.05) is 12.1 Å². The van der Waals surface area contributed by atoms with Crippen LogP contribution >= 0.6 is 0 Å². The topological polar surface area (TPSA) is 116 Å². The quantitative estimate of drug-likeness (QED) is 0.758. The Hall–Kier alpha value is -2.92. The molecule has 2 aliphatic rings. The monoisotopic (exact) mass is 364 g/mol. The van der Waals surface area contributed by atoms with E-state index in [-0.39, 0.29) is 11.3 Å². The van der Waals surface area contributed by atoms with Gasteiger partial charge in [0.2, 0.25) is 0 Å². The minimum absolute atomic E-state index is 0.161. The van der Waals surface area contributed by atoms with Gasteiger partial charge in [-0.15, -0.1) is 5.53 Å². The van der Waals surface area contributed by atoms with Crippen molar-refractivity contribution in [3.63, 3.8) is 0 Å². The van der Waals surface area contributed by atoms with Crippen molar-refractivity contribution in [1.29, 1.82) is 0 Å². The van der Waals surface area contributed by atoms with Crippen LogP contribution in [-0.4, -0.2) is 43.6 Å². The van der Waals surface area contributed by atoms with Crippen LogP contribution in [0.1, 0.15) is 21.5 Å². The van der Waals surface area contributed by atoms with Gasteiger partial charge in [0.1, 0.15) is 12.7 Å². The Balaban J connectivity index is 1.96. The van der Waals surface area contributed by atoms with E-state index in [1.807, 2.05) is 0 Å². The molecule has 0 radical (unpaired) electrons. The largest absolute Gasteiger partial charge is 0.465 e. The molecule has 0 spiro atoms. The molecule has 2 aliphatic heterocycles. The van der Waals surface area contributed by atoms with Crippen LogP contribution in [0.3, 0.4) is 0 Å². The van der Waals surface area contributed by atoms with E-state index in [9.17, 15) is 13.2 Å². The molecule has 0 fully saturated rings. The lowest BCUT2D eigenvalue weighted by Gasteiger charge is -2.22. The number of carbonyl (C=O) groups excluding carboxylic acids is 1. The molecule has 2 heterocycles. The lowest BCUT2D eigenvalue weighted by atomic mass is 10.0. The second kappa shape index (κ2) is 6.18. The molecule has 3 rings (SSSR count). The Morgan fingerprint density at radius 1 is 1.28 bits per heavy atom. The minimum atomic E-state index is -4.06. The number of anilines is 1. The predicted molar refractivity (Wildman–Crippen MR) is 91.7 cm³/mol. The van der Waals surface area contributed by atoms with Crippen molar-refractivity contribution in [1.82, 2.24) is 15.0 Å². The highest BCUT2D eigenvalue weighted by Crippen LogP contribution is 2.27. The molecule has 25 heavy (non-hydrogen) atoms. The second-order valence-electron chi connectivity index (χ2n) is 5.31. The summed E-state index contributed by atoms with van der Waals surface area (Å²) in [5, 5.41) is 1.34. The van der Waals surface area contributed by atoms with Crippen LogP contribution in [0.4, 0.5) is 5.69 Å². The van der Waals surface area contributed by atoms with E-state index in [0.29, 0.717) is 16.9 Å². The van der Waals surface area contributed by atoms with Crippen LogP contribution in [0.2, 0.25) is 0 Å². The van der Waals surface area contributed by atoms with Gasteiger partial charge in [-0.25, -0.2) is 19.8 Å². The van der Waals surface area contributed by atoms with Gasteiger partial charge in [-0.05, 0) is 25.0 Å². The van der Waals surface area contributed by atoms with E-state index >= 15 is 0 Å². The summed E-state index contributed by atoms with van der Waals surface area (Å²) >= 11 is 0. The Labute approximate surface area is 144 Å². The summed E-state index contributed by atoms with van der Waals surface area (Å²) in [6.45, 7) is 3.39. The molecular formula is C14H16N6O4S. The van der Waals surface area contributed by atoms with Crippen LogP contribution in [0, 0.1) is 13.8 Å². The van der Waals surface area contributed by atoms with Gasteiger partial charge in [0.25, 0.3) is 0 Å². The molecule has 11 heteroatoms. The fraction of sp³-hybridized carbons (Fsp3) is 0.214. The zero-order chi connectivity index (χ0) is 18.2. The number of hydrogen-bond donors (Lipinski definition) is 2. The van der Waals surface area contributed by atoms with Gasteiger partial charge in [0, 0.05) is 0 Å². The van der Waals surface area contributed by atoms with Gasteiger partial charge >= 0.3 is 16.2 Å². The average molecular weight is 364 g/mol. The lowest BCUT2D eigenvalue weighted by Crippen LogP contribution is -2.45. The summed E-state index contributed by atoms with van der Waals surface area (Å²) in [4.78, 5) is 19.8. The molecule has 0 bridgehead atoms. The number of hydrazine groups is 2. The maximum absolute atomic E-state index is 12.7. The highest BCUT2D eigenvalue weighted by atomic mass is 32.2. The van der Waals surface area contributed by atoms with Crippen LogP contribution in [0.15, 0.2) is 34.1 Å². The van der Waals surface area contributed by atoms with E-state index in [1.165, 1.54) is 31.0 Å². The molecule has 1 aromatic rings. The predicted octanol–water partition coefficient (Wildman–Crippen LogP) is 0.653. The Kier molecular flexibility index (Phi) is 4.18. The van der Waals surface area contributed by atoms with Crippen LogP contribution in [0.5, 0.6) is 0 Å². The Morgan fingerprint density at radius 3 is 2.68 bits per heavy atom. The van der Waals surface area contributed by atoms with Crippen LogP contribution in [0.25, 0.3) is 0 Å². The highest BCUT2D eigenvalue weighted by Gasteiger charge is 2.31. The third kappa shape index (κ3) is 3.06. The molecule has 132 valence electrons.